The number of halogens is 1. The Morgan fingerprint density at radius 1 is 1.29 bits per heavy atom. The molecule has 1 N–H and O–H groups in total. The van der Waals surface area contributed by atoms with Crippen LogP contribution in [0.1, 0.15) is 46.1 Å². The number of benzene rings is 1. The summed E-state index contributed by atoms with van der Waals surface area (Å²) in [5.41, 5.74) is 4.08. The van der Waals surface area contributed by atoms with Crippen molar-refractivity contribution < 1.29 is 17.6 Å². The number of rotatable bonds is 6. The first-order chi connectivity index (χ1) is 13.3. The summed E-state index contributed by atoms with van der Waals surface area (Å²) in [7, 11) is -3.31. The van der Waals surface area contributed by atoms with Crippen molar-refractivity contribution in [1.82, 2.24) is 14.6 Å². The van der Waals surface area contributed by atoms with E-state index in [0.717, 1.165) is 22.4 Å². The topological polar surface area (TPSA) is 79.4 Å². The van der Waals surface area contributed by atoms with Crippen molar-refractivity contribution in [3.63, 3.8) is 0 Å². The number of aromatic nitrogens is 1. The van der Waals surface area contributed by atoms with E-state index in [-0.39, 0.29) is 24.0 Å². The third-order valence-corrected chi connectivity index (χ3v) is 6.45. The predicted octanol–water partition coefficient (Wildman–Crippen LogP) is 2.56. The van der Waals surface area contributed by atoms with Gasteiger partial charge in [-0.05, 0) is 60.7 Å². The van der Waals surface area contributed by atoms with Gasteiger partial charge in [0.05, 0.1) is 5.75 Å². The smallest absolute Gasteiger partial charge is 0.254 e. The minimum atomic E-state index is -3.31. The second-order valence-electron chi connectivity index (χ2n) is 6.95. The summed E-state index contributed by atoms with van der Waals surface area (Å²) in [5, 5.41) is 0. The molecule has 1 amide bonds. The average molecular weight is 405 g/mol. The zero-order valence-corrected chi connectivity index (χ0v) is 16.9. The van der Waals surface area contributed by atoms with Gasteiger partial charge in [-0.2, -0.15) is 0 Å². The molecule has 0 aliphatic carbocycles. The molecular weight excluding hydrogens is 381 g/mol. The molecule has 150 valence electrons. The van der Waals surface area contributed by atoms with Crippen LogP contribution in [0.15, 0.2) is 30.5 Å². The van der Waals surface area contributed by atoms with Crippen LogP contribution in [0.5, 0.6) is 0 Å². The lowest BCUT2D eigenvalue weighted by Gasteiger charge is -2.30. The maximum Gasteiger partial charge on any atom is 0.254 e. The number of aryl methyl sites for hydroxylation is 1. The number of pyridine rings is 1. The summed E-state index contributed by atoms with van der Waals surface area (Å²) in [5.74, 6) is -0.444. The van der Waals surface area contributed by atoms with E-state index < -0.39 is 10.0 Å². The van der Waals surface area contributed by atoms with Gasteiger partial charge in [-0.3, -0.25) is 9.78 Å². The summed E-state index contributed by atoms with van der Waals surface area (Å²) in [6.07, 6.45) is 2.93. The SMILES string of the molecule is CCCS(=O)(=O)NCc1c(C)ncc2c1CCN(C(=O)c1ccc(F)cc1)C2. The number of carbonyl (C=O) groups is 1. The maximum atomic E-state index is 13.1. The van der Waals surface area contributed by atoms with Crippen LogP contribution >= 0.6 is 0 Å². The van der Waals surface area contributed by atoms with Gasteiger partial charge >= 0.3 is 0 Å². The first kappa shape index (κ1) is 20.4. The van der Waals surface area contributed by atoms with Crippen LogP contribution in [0.3, 0.4) is 0 Å². The van der Waals surface area contributed by atoms with Crippen molar-refractivity contribution in [3.05, 3.63) is 64.2 Å². The molecule has 0 bridgehead atoms. The lowest BCUT2D eigenvalue weighted by molar-refractivity contribution is 0.0734. The monoisotopic (exact) mass is 405 g/mol. The summed E-state index contributed by atoms with van der Waals surface area (Å²) >= 11 is 0. The van der Waals surface area contributed by atoms with E-state index in [2.05, 4.69) is 9.71 Å². The highest BCUT2D eigenvalue weighted by Crippen LogP contribution is 2.25. The first-order valence-corrected chi connectivity index (χ1v) is 10.9. The summed E-state index contributed by atoms with van der Waals surface area (Å²) in [6, 6.07) is 5.51. The highest BCUT2D eigenvalue weighted by atomic mass is 32.2. The molecule has 1 aromatic heterocycles. The van der Waals surface area contributed by atoms with Crippen LogP contribution < -0.4 is 4.72 Å². The number of hydrogen-bond donors (Lipinski definition) is 1. The highest BCUT2D eigenvalue weighted by Gasteiger charge is 2.25. The molecule has 2 aromatic rings. The normalized spacial score (nSPS) is 14.0. The maximum absolute atomic E-state index is 13.1. The van der Waals surface area contributed by atoms with Gasteiger partial charge in [0.25, 0.3) is 5.91 Å². The molecule has 8 heteroatoms. The number of nitrogens with one attached hydrogen (secondary N) is 1. The van der Waals surface area contributed by atoms with Crippen molar-refractivity contribution >= 4 is 15.9 Å². The molecule has 28 heavy (non-hydrogen) atoms. The number of carbonyl (C=O) groups excluding carboxylic acids is 1. The molecule has 1 aliphatic rings. The third kappa shape index (κ3) is 4.56. The van der Waals surface area contributed by atoms with Gasteiger partial charge in [0, 0.05) is 37.1 Å². The van der Waals surface area contributed by atoms with Crippen LogP contribution in [-0.4, -0.2) is 36.5 Å². The Hall–Kier alpha value is -2.32. The van der Waals surface area contributed by atoms with Crippen LogP contribution in [0.2, 0.25) is 0 Å². The van der Waals surface area contributed by atoms with E-state index in [9.17, 15) is 17.6 Å². The molecule has 0 saturated heterocycles. The van der Waals surface area contributed by atoms with Crippen molar-refractivity contribution in [2.75, 3.05) is 12.3 Å². The van der Waals surface area contributed by atoms with Gasteiger partial charge in [0.15, 0.2) is 0 Å². The number of fused-ring (bicyclic) bond motifs is 1. The Morgan fingerprint density at radius 2 is 2.00 bits per heavy atom. The van der Waals surface area contributed by atoms with E-state index in [1.54, 1.807) is 11.1 Å². The summed E-state index contributed by atoms with van der Waals surface area (Å²) < 4.78 is 39.7. The number of amides is 1. The molecule has 1 aromatic carbocycles. The summed E-state index contributed by atoms with van der Waals surface area (Å²) in [6.45, 7) is 4.80. The van der Waals surface area contributed by atoms with Gasteiger partial charge in [-0.1, -0.05) is 6.92 Å². The van der Waals surface area contributed by atoms with Crippen molar-refractivity contribution in [3.8, 4) is 0 Å². The Bertz CT molecular complexity index is 975. The zero-order valence-electron chi connectivity index (χ0n) is 16.0. The predicted molar refractivity (Wildman–Crippen MR) is 105 cm³/mol. The van der Waals surface area contributed by atoms with Crippen molar-refractivity contribution in [2.45, 2.75) is 39.8 Å². The van der Waals surface area contributed by atoms with Gasteiger partial charge in [-0.25, -0.2) is 17.5 Å². The third-order valence-electron chi connectivity index (χ3n) is 4.92. The lowest BCUT2D eigenvalue weighted by Crippen LogP contribution is -2.37. The molecule has 0 unspecified atom stereocenters. The molecule has 3 rings (SSSR count). The second kappa shape index (κ2) is 8.36. The van der Waals surface area contributed by atoms with Crippen molar-refractivity contribution in [1.29, 1.82) is 0 Å². The quantitative estimate of drug-likeness (QED) is 0.801. The average Bonchev–Trinajstić information content (AvgIpc) is 2.67. The minimum absolute atomic E-state index is 0.0917. The Labute approximate surface area is 164 Å². The molecule has 0 fully saturated rings. The van der Waals surface area contributed by atoms with E-state index in [0.29, 0.717) is 31.5 Å². The Morgan fingerprint density at radius 3 is 2.68 bits per heavy atom. The van der Waals surface area contributed by atoms with E-state index >= 15 is 0 Å². The molecule has 0 atom stereocenters. The molecule has 6 nitrogen and oxygen atoms in total. The van der Waals surface area contributed by atoms with E-state index in [1.807, 2.05) is 13.8 Å². The molecular formula is C20H24FN3O3S. The van der Waals surface area contributed by atoms with E-state index in [4.69, 9.17) is 0 Å². The van der Waals surface area contributed by atoms with E-state index in [1.165, 1.54) is 24.3 Å². The van der Waals surface area contributed by atoms with Gasteiger partial charge in [0.1, 0.15) is 5.82 Å². The van der Waals surface area contributed by atoms with Crippen LogP contribution in [-0.2, 0) is 29.5 Å². The van der Waals surface area contributed by atoms with Crippen LogP contribution in [0, 0.1) is 12.7 Å². The van der Waals surface area contributed by atoms with Crippen LogP contribution in [0.25, 0.3) is 0 Å². The number of sulfonamides is 1. The molecule has 0 saturated carbocycles. The fourth-order valence-electron chi connectivity index (χ4n) is 3.43. The molecule has 2 heterocycles. The fraction of sp³-hybridized carbons (Fsp3) is 0.400. The van der Waals surface area contributed by atoms with Crippen molar-refractivity contribution in [2.24, 2.45) is 0 Å². The Balaban J connectivity index is 1.79. The standard InChI is InChI=1S/C20H24FN3O3S/c1-3-10-28(26,27)23-12-19-14(2)22-11-16-13-24(9-8-18(16)19)20(25)15-4-6-17(21)7-5-15/h4-7,11,23H,3,8-10,12-13H2,1-2H3. The minimum Gasteiger partial charge on any atom is -0.334 e. The molecule has 0 radical (unpaired) electrons. The Kier molecular flexibility index (Phi) is 6.10. The second-order valence-corrected chi connectivity index (χ2v) is 8.88. The summed E-state index contributed by atoms with van der Waals surface area (Å²) in [4.78, 5) is 18.8. The van der Waals surface area contributed by atoms with Gasteiger partial charge in [-0.15, -0.1) is 0 Å². The highest BCUT2D eigenvalue weighted by molar-refractivity contribution is 7.89. The van der Waals surface area contributed by atoms with Crippen LogP contribution in [0.4, 0.5) is 4.39 Å². The fourth-order valence-corrected chi connectivity index (χ4v) is 4.47. The van der Waals surface area contributed by atoms with Gasteiger partial charge in [0.2, 0.25) is 10.0 Å². The largest absolute Gasteiger partial charge is 0.334 e. The number of hydrogen-bond acceptors (Lipinski definition) is 4. The first-order valence-electron chi connectivity index (χ1n) is 9.29. The number of nitrogens with zero attached hydrogens (tertiary/aromatic N) is 2. The molecule has 0 spiro atoms. The zero-order chi connectivity index (χ0) is 20.3. The van der Waals surface area contributed by atoms with Gasteiger partial charge < -0.3 is 4.90 Å². The lowest BCUT2D eigenvalue weighted by atomic mass is 9.94. The molecule has 1 aliphatic heterocycles.